The van der Waals surface area contributed by atoms with Crippen LogP contribution in [0.1, 0.15) is 26.7 Å². The summed E-state index contributed by atoms with van der Waals surface area (Å²) >= 11 is 0. The predicted octanol–water partition coefficient (Wildman–Crippen LogP) is -3.03. The fourth-order valence-corrected chi connectivity index (χ4v) is 1.65. The molecule has 0 saturated heterocycles. The third-order valence-electron chi connectivity index (χ3n) is 2.12. The Bertz CT molecular complexity index is 416. The number of hydrogen-bond acceptors (Lipinski definition) is 5. The van der Waals surface area contributed by atoms with Crippen LogP contribution in [0, 0.1) is 0 Å². The van der Waals surface area contributed by atoms with E-state index in [1.807, 2.05) is 0 Å². The van der Waals surface area contributed by atoms with Gasteiger partial charge in [0.1, 0.15) is 0 Å². The van der Waals surface area contributed by atoms with Crippen LogP contribution >= 0.6 is 0 Å². The van der Waals surface area contributed by atoms with Gasteiger partial charge in [0.2, 0.25) is 5.91 Å². The topological polar surface area (TPSA) is 103 Å². The molecule has 0 aromatic heterocycles. The number of carbonyl (C=O) groups is 2. The Balaban J connectivity index is 0. The molecule has 0 fully saturated rings. The molecule has 0 saturated carbocycles. The molecule has 0 aromatic carbocycles. The average Bonchev–Trinajstić information content (AvgIpc) is 2.14. The number of Topliss-reactive ketones (excluding diaryl/α,β-unsaturated/α-hetero) is 1. The average molecular weight is 285 g/mol. The van der Waals surface area contributed by atoms with Crippen LogP contribution in [0.25, 0.3) is 0 Å². The Labute approximate surface area is 129 Å². The van der Waals surface area contributed by atoms with Crippen molar-refractivity contribution in [3.63, 3.8) is 0 Å². The van der Waals surface area contributed by atoms with Gasteiger partial charge in [-0.2, -0.15) is 0 Å². The molecule has 0 spiro atoms. The second kappa shape index (κ2) is 8.06. The summed E-state index contributed by atoms with van der Waals surface area (Å²) in [5.41, 5.74) is -1.10. The van der Waals surface area contributed by atoms with Crippen molar-refractivity contribution in [1.82, 2.24) is 5.32 Å². The van der Waals surface area contributed by atoms with Gasteiger partial charge in [-0.1, -0.05) is 6.58 Å². The Morgan fingerprint density at radius 2 is 1.89 bits per heavy atom. The summed E-state index contributed by atoms with van der Waals surface area (Å²) < 4.78 is 31.0. The molecule has 0 rings (SSSR count). The van der Waals surface area contributed by atoms with E-state index in [-0.39, 0.29) is 48.2 Å². The Morgan fingerprint density at radius 3 is 2.28 bits per heavy atom. The molecule has 0 bridgehead atoms. The molecule has 18 heavy (non-hydrogen) atoms. The van der Waals surface area contributed by atoms with Crippen molar-refractivity contribution in [1.29, 1.82) is 0 Å². The summed E-state index contributed by atoms with van der Waals surface area (Å²) in [7, 11) is -4.30. The fourth-order valence-electron chi connectivity index (χ4n) is 1.15. The van der Waals surface area contributed by atoms with E-state index in [1.54, 1.807) is 0 Å². The first-order chi connectivity index (χ1) is 7.58. The minimum atomic E-state index is -4.30. The maximum absolute atomic E-state index is 11.7. The van der Waals surface area contributed by atoms with Gasteiger partial charge < -0.3 is 9.87 Å². The first kappa shape index (κ1) is 20.1. The molecule has 0 aliphatic rings. The van der Waals surface area contributed by atoms with E-state index >= 15 is 0 Å². The molecule has 0 aliphatic carbocycles. The number of hydrogen-bond donors (Lipinski definition) is 1. The van der Waals surface area contributed by atoms with Crippen LogP contribution in [0.3, 0.4) is 0 Å². The first-order valence-electron chi connectivity index (χ1n) is 5.00. The minimum absolute atomic E-state index is 0. The van der Waals surface area contributed by atoms with Gasteiger partial charge in [0.25, 0.3) is 0 Å². The predicted molar refractivity (Wildman–Crippen MR) is 61.2 cm³/mol. The Hall–Kier alpha value is -0.210. The largest absolute Gasteiger partial charge is 1.00 e. The summed E-state index contributed by atoms with van der Waals surface area (Å²) in [6, 6.07) is 0. The van der Waals surface area contributed by atoms with E-state index in [2.05, 4.69) is 11.9 Å². The van der Waals surface area contributed by atoms with E-state index in [0.29, 0.717) is 0 Å². The summed E-state index contributed by atoms with van der Waals surface area (Å²) in [4.78, 5) is 22.7. The SMILES string of the molecule is C=CC(=O)NC(C)(C)C(=O)CCCS(=O)(=O)[O-].[Na+]. The van der Waals surface area contributed by atoms with E-state index in [1.165, 1.54) is 13.8 Å². The van der Waals surface area contributed by atoms with Gasteiger partial charge in [0, 0.05) is 12.2 Å². The van der Waals surface area contributed by atoms with Gasteiger partial charge in [0.15, 0.2) is 5.78 Å². The Morgan fingerprint density at radius 1 is 1.39 bits per heavy atom. The molecule has 0 unspecified atom stereocenters. The molecule has 0 aromatic rings. The molecular weight excluding hydrogens is 269 g/mol. The molecule has 1 amide bonds. The van der Waals surface area contributed by atoms with E-state index in [0.717, 1.165) is 6.08 Å². The molecule has 0 heterocycles. The van der Waals surface area contributed by atoms with Gasteiger partial charge in [-0.15, -0.1) is 0 Å². The second-order valence-corrected chi connectivity index (χ2v) is 5.63. The molecule has 0 radical (unpaired) electrons. The van der Waals surface area contributed by atoms with Gasteiger partial charge in [-0.3, -0.25) is 9.59 Å². The maximum atomic E-state index is 11.7. The van der Waals surface area contributed by atoms with E-state index < -0.39 is 27.3 Å². The normalized spacial score (nSPS) is 11.3. The first-order valence-corrected chi connectivity index (χ1v) is 6.57. The van der Waals surface area contributed by atoms with Crippen LogP contribution in [0.5, 0.6) is 0 Å². The van der Waals surface area contributed by atoms with Gasteiger partial charge in [-0.05, 0) is 26.3 Å². The fraction of sp³-hybridized carbons (Fsp3) is 0.600. The molecular formula is C10H16NNaO5S. The zero-order valence-electron chi connectivity index (χ0n) is 10.9. The van der Waals surface area contributed by atoms with Gasteiger partial charge >= 0.3 is 29.6 Å². The molecule has 6 nitrogen and oxygen atoms in total. The summed E-state index contributed by atoms with van der Waals surface area (Å²) in [6.07, 6.45) is 0.918. The monoisotopic (exact) mass is 285 g/mol. The third-order valence-corrected chi connectivity index (χ3v) is 2.91. The molecule has 0 atom stereocenters. The van der Waals surface area contributed by atoms with Crippen molar-refractivity contribution in [2.45, 2.75) is 32.2 Å². The molecule has 1 N–H and O–H groups in total. The van der Waals surface area contributed by atoms with Crippen molar-refractivity contribution in [2.75, 3.05) is 5.75 Å². The van der Waals surface area contributed by atoms with Crippen LogP contribution < -0.4 is 34.9 Å². The molecule has 98 valence electrons. The molecule has 0 aliphatic heterocycles. The van der Waals surface area contributed by atoms with Crippen molar-refractivity contribution >= 4 is 21.8 Å². The smallest absolute Gasteiger partial charge is 0.748 e. The second-order valence-electron chi connectivity index (χ2n) is 4.11. The number of rotatable bonds is 7. The summed E-state index contributed by atoms with van der Waals surface area (Å²) in [5, 5.41) is 2.42. The van der Waals surface area contributed by atoms with Crippen LogP contribution in [0.15, 0.2) is 12.7 Å². The standard InChI is InChI=1S/C10H17NO5S.Na/c1-4-9(13)11-10(2,3)8(12)6-5-7-17(14,15)16;/h4H,1,5-7H2,2-3H3,(H,11,13)(H,14,15,16);/q;+1/p-1. The van der Waals surface area contributed by atoms with E-state index in [9.17, 15) is 22.6 Å². The van der Waals surface area contributed by atoms with Crippen LogP contribution in [0.4, 0.5) is 0 Å². The van der Waals surface area contributed by atoms with Crippen LogP contribution in [0.2, 0.25) is 0 Å². The summed E-state index contributed by atoms with van der Waals surface area (Å²) in [6.45, 7) is 6.26. The van der Waals surface area contributed by atoms with Gasteiger partial charge in [0.05, 0.1) is 15.7 Å². The zero-order valence-corrected chi connectivity index (χ0v) is 13.7. The summed E-state index contributed by atoms with van der Waals surface area (Å²) in [5.74, 6) is -1.40. The van der Waals surface area contributed by atoms with Crippen LogP contribution in [-0.4, -0.2) is 36.0 Å². The van der Waals surface area contributed by atoms with Gasteiger partial charge in [-0.25, -0.2) is 8.42 Å². The quantitative estimate of drug-likeness (QED) is 0.304. The van der Waals surface area contributed by atoms with Crippen molar-refractivity contribution in [3.05, 3.63) is 12.7 Å². The number of nitrogens with one attached hydrogen (secondary N) is 1. The Kier molecular flexibility index (Phi) is 9.01. The van der Waals surface area contributed by atoms with E-state index in [4.69, 9.17) is 0 Å². The maximum Gasteiger partial charge on any atom is 1.00 e. The van der Waals surface area contributed by atoms with Crippen molar-refractivity contribution < 1.29 is 52.1 Å². The number of amides is 1. The third kappa shape index (κ3) is 8.82. The molecule has 8 heteroatoms. The minimum Gasteiger partial charge on any atom is -0.748 e. The number of ketones is 1. The van der Waals surface area contributed by atoms with Crippen LogP contribution in [-0.2, 0) is 19.7 Å². The number of carbonyl (C=O) groups excluding carboxylic acids is 2. The zero-order chi connectivity index (χ0) is 13.7. The van der Waals surface area contributed by atoms with Crippen molar-refractivity contribution in [3.8, 4) is 0 Å². The van der Waals surface area contributed by atoms with Crippen molar-refractivity contribution in [2.24, 2.45) is 0 Å².